The van der Waals surface area contributed by atoms with Crippen molar-refractivity contribution in [1.29, 1.82) is 0 Å². The summed E-state index contributed by atoms with van der Waals surface area (Å²) in [7, 11) is 1.71. The molecule has 1 amide bonds. The van der Waals surface area contributed by atoms with Crippen molar-refractivity contribution < 1.29 is 4.79 Å². The summed E-state index contributed by atoms with van der Waals surface area (Å²) in [4.78, 5) is 16.8. The molecule has 1 aromatic rings. The van der Waals surface area contributed by atoms with Crippen molar-refractivity contribution in [3.63, 3.8) is 0 Å². The molecule has 0 bridgehead atoms. The fourth-order valence-electron chi connectivity index (χ4n) is 0.876. The third-order valence-corrected chi connectivity index (χ3v) is 2.34. The quantitative estimate of drug-likeness (QED) is 0.880. The molecule has 1 rings (SSSR count). The van der Waals surface area contributed by atoms with Gasteiger partial charge < -0.3 is 10.2 Å². The second kappa shape index (κ2) is 5.81. The highest BCUT2D eigenvalue weighted by Crippen LogP contribution is 2.15. The summed E-state index contributed by atoms with van der Waals surface area (Å²) in [5.41, 5.74) is 0. The first-order chi connectivity index (χ1) is 7.54. The van der Waals surface area contributed by atoms with Crippen LogP contribution in [0.1, 0.15) is 6.92 Å². The van der Waals surface area contributed by atoms with Crippen LogP contribution in [0.3, 0.4) is 0 Å². The smallest absolute Gasteiger partial charge is 0.245 e. The van der Waals surface area contributed by atoms with Gasteiger partial charge in [0.05, 0.1) is 6.54 Å². The van der Waals surface area contributed by atoms with E-state index in [2.05, 4.69) is 20.5 Å². The van der Waals surface area contributed by atoms with Gasteiger partial charge in [0, 0.05) is 13.6 Å². The van der Waals surface area contributed by atoms with Gasteiger partial charge in [0.15, 0.2) is 11.0 Å². The van der Waals surface area contributed by atoms with E-state index in [0.29, 0.717) is 6.54 Å². The number of amides is 1. The lowest BCUT2D eigenvalue weighted by Gasteiger charge is -2.14. The fraction of sp³-hybridized carbons (Fsp3) is 0.500. The largest absolute Gasteiger partial charge is 0.358 e. The number of hydrogen-bond acceptors (Lipinski definition) is 5. The Morgan fingerprint density at radius 1 is 1.44 bits per heavy atom. The summed E-state index contributed by atoms with van der Waals surface area (Å²) in [6.07, 6.45) is 0. The molecule has 0 unspecified atom stereocenters. The van der Waals surface area contributed by atoms with Crippen LogP contribution in [0.25, 0.3) is 0 Å². The van der Waals surface area contributed by atoms with E-state index < -0.39 is 0 Å². The van der Waals surface area contributed by atoms with Crippen molar-refractivity contribution in [3.8, 4) is 0 Å². The van der Waals surface area contributed by atoms with Crippen molar-refractivity contribution in [2.24, 2.45) is 0 Å². The number of aromatic nitrogens is 3. The maximum Gasteiger partial charge on any atom is 0.245 e. The Bertz CT molecular complexity index is 387. The average molecular weight is 264 g/mol. The maximum absolute atomic E-state index is 11.5. The van der Waals surface area contributed by atoms with E-state index in [-0.39, 0.29) is 28.7 Å². The zero-order chi connectivity index (χ0) is 12.1. The van der Waals surface area contributed by atoms with Gasteiger partial charge in [0.1, 0.15) is 0 Å². The van der Waals surface area contributed by atoms with Crippen LogP contribution in [-0.4, -0.2) is 46.1 Å². The van der Waals surface area contributed by atoms with Crippen LogP contribution in [0.15, 0.2) is 0 Å². The lowest BCUT2D eigenvalue weighted by Crippen LogP contribution is -2.32. The molecule has 0 fully saturated rings. The zero-order valence-electron chi connectivity index (χ0n) is 8.87. The number of nitrogens with one attached hydrogen (secondary N) is 1. The Morgan fingerprint density at radius 3 is 2.75 bits per heavy atom. The van der Waals surface area contributed by atoms with E-state index in [1.807, 2.05) is 6.92 Å². The topological polar surface area (TPSA) is 71.0 Å². The molecule has 88 valence electrons. The summed E-state index contributed by atoms with van der Waals surface area (Å²) in [5, 5.41) is 9.81. The first kappa shape index (κ1) is 12.9. The van der Waals surface area contributed by atoms with Crippen LogP contribution in [0.5, 0.6) is 0 Å². The second-order valence-electron chi connectivity index (χ2n) is 2.98. The van der Waals surface area contributed by atoms with E-state index in [1.165, 1.54) is 0 Å². The Labute approximate surface area is 103 Å². The van der Waals surface area contributed by atoms with Crippen LogP contribution in [-0.2, 0) is 4.79 Å². The van der Waals surface area contributed by atoms with E-state index in [9.17, 15) is 4.79 Å². The fourth-order valence-corrected chi connectivity index (χ4v) is 1.15. The van der Waals surface area contributed by atoms with Crippen LogP contribution in [0.4, 0.5) is 5.82 Å². The molecule has 1 aromatic heterocycles. The number of halogens is 2. The number of likely N-dealkylation sites (N-methyl/N-ethyl adjacent to an activating group) is 1. The highest BCUT2D eigenvalue weighted by atomic mass is 35.5. The third kappa shape index (κ3) is 3.46. The number of rotatable bonds is 4. The first-order valence-corrected chi connectivity index (χ1v) is 5.33. The van der Waals surface area contributed by atoms with Gasteiger partial charge in [0.25, 0.3) is 0 Å². The van der Waals surface area contributed by atoms with Gasteiger partial charge >= 0.3 is 0 Å². The van der Waals surface area contributed by atoms with Gasteiger partial charge in [-0.15, -0.1) is 10.2 Å². The summed E-state index contributed by atoms with van der Waals surface area (Å²) >= 11 is 11.3. The first-order valence-electron chi connectivity index (χ1n) is 4.58. The molecule has 6 nitrogen and oxygen atoms in total. The maximum atomic E-state index is 11.5. The molecule has 8 heteroatoms. The van der Waals surface area contributed by atoms with Gasteiger partial charge in [-0.05, 0) is 18.5 Å². The third-order valence-electron chi connectivity index (χ3n) is 1.93. The van der Waals surface area contributed by atoms with Crippen LogP contribution in [0, 0.1) is 0 Å². The number of hydrogen-bond donors (Lipinski definition) is 1. The zero-order valence-corrected chi connectivity index (χ0v) is 10.4. The Morgan fingerprint density at radius 2 is 2.12 bits per heavy atom. The molecule has 1 N–H and O–H groups in total. The molecule has 0 saturated heterocycles. The van der Waals surface area contributed by atoms with Gasteiger partial charge in [-0.25, -0.2) is 0 Å². The minimum absolute atomic E-state index is 0.0248. The summed E-state index contributed by atoms with van der Waals surface area (Å²) in [5.74, 6) is 0.174. The SMILES string of the molecule is CCN(C)C(=O)CNc1nc(Cl)nnc1Cl. The van der Waals surface area contributed by atoms with Crippen molar-refractivity contribution in [2.45, 2.75) is 6.92 Å². The number of anilines is 1. The molecular formula is C8H11Cl2N5O. The molecule has 0 saturated carbocycles. The molecule has 0 aliphatic carbocycles. The number of carbonyl (C=O) groups excluding carboxylic acids is 1. The van der Waals surface area contributed by atoms with Crippen molar-refractivity contribution in [3.05, 3.63) is 10.4 Å². The summed E-state index contributed by atoms with van der Waals surface area (Å²) < 4.78 is 0. The van der Waals surface area contributed by atoms with Crippen LogP contribution < -0.4 is 5.32 Å². The van der Waals surface area contributed by atoms with Gasteiger partial charge in [-0.3, -0.25) is 4.79 Å². The standard InChI is InChI=1S/C8H11Cl2N5O/c1-3-15(2)5(16)4-11-7-6(9)13-14-8(10)12-7/h3-4H2,1-2H3,(H,11,12,14). The molecule has 0 aliphatic heterocycles. The molecule has 0 aliphatic rings. The van der Waals surface area contributed by atoms with E-state index in [1.54, 1.807) is 11.9 Å². The monoisotopic (exact) mass is 263 g/mol. The van der Waals surface area contributed by atoms with Crippen LogP contribution >= 0.6 is 23.2 Å². The molecule has 0 spiro atoms. The van der Waals surface area contributed by atoms with Crippen molar-refractivity contribution in [2.75, 3.05) is 25.5 Å². The lowest BCUT2D eigenvalue weighted by atomic mass is 10.5. The highest BCUT2D eigenvalue weighted by molar-refractivity contribution is 6.32. The molecule has 1 heterocycles. The van der Waals surface area contributed by atoms with E-state index >= 15 is 0 Å². The van der Waals surface area contributed by atoms with Gasteiger partial charge in [-0.2, -0.15) is 4.98 Å². The van der Waals surface area contributed by atoms with Gasteiger partial charge in [0.2, 0.25) is 11.2 Å². The summed E-state index contributed by atoms with van der Waals surface area (Å²) in [6, 6.07) is 0. The van der Waals surface area contributed by atoms with E-state index in [4.69, 9.17) is 23.2 Å². The molecule has 16 heavy (non-hydrogen) atoms. The molecule has 0 atom stereocenters. The predicted octanol–water partition coefficient (Wildman–Crippen LogP) is 1.07. The van der Waals surface area contributed by atoms with E-state index in [0.717, 1.165) is 0 Å². The Hall–Kier alpha value is -1.14. The highest BCUT2D eigenvalue weighted by Gasteiger charge is 2.10. The minimum Gasteiger partial charge on any atom is -0.358 e. The number of carbonyl (C=O) groups is 1. The lowest BCUT2D eigenvalue weighted by molar-refractivity contribution is -0.127. The molecule has 0 aromatic carbocycles. The second-order valence-corrected chi connectivity index (χ2v) is 3.68. The molecule has 0 radical (unpaired) electrons. The van der Waals surface area contributed by atoms with Gasteiger partial charge in [-0.1, -0.05) is 11.6 Å². The average Bonchev–Trinajstić information content (AvgIpc) is 2.28. The molecular weight excluding hydrogens is 253 g/mol. The Balaban J connectivity index is 2.61. The van der Waals surface area contributed by atoms with Crippen molar-refractivity contribution in [1.82, 2.24) is 20.1 Å². The summed E-state index contributed by atoms with van der Waals surface area (Å²) in [6.45, 7) is 2.60. The van der Waals surface area contributed by atoms with Crippen molar-refractivity contribution >= 4 is 34.9 Å². The Kier molecular flexibility index (Phi) is 4.70. The number of nitrogens with zero attached hydrogens (tertiary/aromatic N) is 4. The minimum atomic E-state index is -0.0756. The van der Waals surface area contributed by atoms with Crippen LogP contribution in [0.2, 0.25) is 10.4 Å². The predicted molar refractivity (Wildman–Crippen MR) is 61.6 cm³/mol. The normalized spacial score (nSPS) is 10.0.